The molecule has 1 aliphatic rings. The van der Waals surface area contributed by atoms with Crippen molar-refractivity contribution in [3.63, 3.8) is 0 Å². The van der Waals surface area contributed by atoms with E-state index in [-0.39, 0.29) is 12.5 Å². The molecule has 21 heavy (non-hydrogen) atoms. The predicted molar refractivity (Wildman–Crippen MR) is 92.3 cm³/mol. The van der Waals surface area contributed by atoms with E-state index in [2.05, 4.69) is 22.6 Å². The Morgan fingerprint density at radius 1 is 1.19 bits per heavy atom. The number of ether oxygens (including phenoxy) is 1. The Morgan fingerprint density at radius 3 is 2.81 bits per heavy atom. The second kappa shape index (κ2) is 6.02. The highest BCUT2D eigenvalue weighted by Gasteiger charge is 2.26. The molecule has 108 valence electrons. The SMILES string of the molecule is O=C1COc2ccc(I)cc2N1Cc1cc(Cl)ccc1Cl. The van der Waals surface area contributed by atoms with E-state index in [1.807, 2.05) is 18.2 Å². The largest absolute Gasteiger partial charge is 0.482 e. The van der Waals surface area contributed by atoms with Gasteiger partial charge in [0.1, 0.15) is 5.75 Å². The lowest BCUT2D eigenvalue weighted by atomic mass is 10.1. The maximum atomic E-state index is 12.2. The first kappa shape index (κ1) is 14.9. The summed E-state index contributed by atoms with van der Waals surface area (Å²) in [5, 5.41) is 1.18. The summed E-state index contributed by atoms with van der Waals surface area (Å²) in [5.41, 5.74) is 1.57. The quantitative estimate of drug-likeness (QED) is 0.651. The number of carbonyl (C=O) groups excluding carboxylic acids is 1. The third kappa shape index (κ3) is 3.12. The molecule has 0 unspecified atom stereocenters. The van der Waals surface area contributed by atoms with Crippen LogP contribution in [-0.2, 0) is 11.3 Å². The van der Waals surface area contributed by atoms with Gasteiger partial charge >= 0.3 is 0 Å². The summed E-state index contributed by atoms with van der Waals surface area (Å²) in [4.78, 5) is 13.9. The average Bonchev–Trinajstić information content (AvgIpc) is 2.46. The predicted octanol–water partition coefficient (Wildman–Crippen LogP) is 4.52. The standard InChI is InChI=1S/C15H10Cl2INO2/c16-10-1-3-12(17)9(5-10)7-19-13-6-11(18)2-4-14(13)21-8-15(19)20/h1-6H,7-8H2. The van der Waals surface area contributed by atoms with Crippen LogP contribution in [0.25, 0.3) is 0 Å². The Labute approximate surface area is 145 Å². The molecular weight excluding hydrogens is 424 g/mol. The van der Waals surface area contributed by atoms with Crippen LogP contribution in [-0.4, -0.2) is 12.5 Å². The highest BCUT2D eigenvalue weighted by atomic mass is 127. The van der Waals surface area contributed by atoms with Crippen LogP contribution in [0, 0.1) is 3.57 Å². The Balaban J connectivity index is 2.00. The minimum absolute atomic E-state index is 0.0335. The number of fused-ring (bicyclic) bond motifs is 1. The van der Waals surface area contributed by atoms with Crippen LogP contribution < -0.4 is 9.64 Å². The molecule has 0 fully saturated rings. The van der Waals surface area contributed by atoms with Gasteiger partial charge in [0.2, 0.25) is 0 Å². The Morgan fingerprint density at radius 2 is 2.00 bits per heavy atom. The second-order valence-corrected chi connectivity index (χ2v) is 6.71. The van der Waals surface area contributed by atoms with E-state index in [0.717, 1.165) is 14.8 Å². The zero-order valence-corrected chi connectivity index (χ0v) is 14.4. The van der Waals surface area contributed by atoms with E-state index in [0.29, 0.717) is 22.3 Å². The summed E-state index contributed by atoms with van der Waals surface area (Å²) in [5.74, 6) is 0.605. The monoisotopic (exact) mass is 433 g/mol. The van der Waals surface area contributed by atoms with E-state index in [9.17, 15) is 4.79 Å². The molecule has 0 saturated heterocycles. The molecular formula is C15H10Cl2INO2. The van der Waals surface area contributed by atoms with Crippen LogP contribution >= 0.6 is 45.8 Å². The van der Waals surface area contributed by atoms with E-state index < -0.39 is 0 Å². The Kier molecular flexibility index (Phi) is 4.28. The minimum atomic E-state index is -0.0967. The molecule has 0 radical (unpaired) electrons. The molecule has 0 atom stereocenters. The number of hydrogen-bond acceptors (Lipinski definition) is 2. The van der Waals surface area contributed by atoms with Crippen molar-refractivity contribution in [3.8, 4) is 5.75 Å². The van der Waals surface area contributed by atoms with Crippen molar-refractivity contribution in [2.75, 3.05) is 11.5 Å². The van der Waals surface area contributed by atoms with E-state index in [1.54, 1.807) is 23.1 Å². The lowest BCUT2D eigenvalue weighted by Crippen LogP contribution is -2.38. The van der Waals surface area contributed by atoms with Crippen molar-refractivity contribution in [2.24, 2.45) is 0 Å². The molecule has 1 aliphatic heterocycles. The molecule has 0 aromatic heterocycles. The number of amides is 1. The van der Waals surface area contributed by atoms with Crippen LogP contribution in [0.3, 0.4) is 0 Å². The van der Waals surface area contributed by atoms with Crippen LogP contribution in [0.1, 0.15) is 5.56 Å². The molecule has 0 saturated carbocycles. The number of nitrogens with zero attached hydrogens (tertiary/aromatic N) is 1. The minimum Gasteiger partial charge on any atom is -0.482 e. The number of hydrogen-bond donors (Lipinski definition) is 0. The number of halogens is 3. The summed E-state index contributed by atoms with van der Waals surface area (Å²) in [6.45, 7) is 0.403. The maximum Gasteiger partial charge on any atom is 0.265 e. The Hall–Kier alpha value is -0.980. The van der Waals surface area contributed by atoms with Gasteiger partial charge in [0.25, 0.3) is 5.91 Å². The van der Waals surface area contributed by atoms with Crippen LogP contribution in [0.15, 0.2) is 36.4 Å². The number of rotatable bonds is 2. The molecule has 1 heterocycles. The molecule has 0 N–H and O–H groups in total. The van der Waals surface area contributed by atoms with Crippen molar-refractivity contribution >= 4 is 57.4 Å². The summed E-state index contributed by atoms with van der Waals surface area (Å²) >= 11 is 14.4. The van der Waals surface area contributed by atoms with Crippen molar-refractivity contribution in [1.82, 2.24) is 0 Å². The molecule has 0 aliphatic carbocycles. The Bertz CT molecular complexity index is 721. The molecule has 0 bridgehead atoms. The highest BCUT2D eigenvalue weighted by Crippen LogP contribution is 2.35. The van der Waals surface area contributed by atoms with Crippen molar-refractivity contribution in [1.29, 1.82) is 0 Å². The first-order chi connectivity index (χ1) is 10.0. The van der Waals surface area contributed by atoms with Crippen LogP contribution in [0.2, 0.25) is 10.0 Å². The third-order valence-corrected chi connectivity index (χ3v) is 4.48. The number of anilines is 1. The van der Waals surface area contributed by atoms with Gasteiger partial charge in [-0.3, -0.25) is 4.79 Å². The lowest BCUT2D eigenvalue weighted by Gasteiger charge is -2.30. The van der Waals surface area contributed by atoms with Gasteiger partial charge in [0.15, 0.2) is 6.61 Å². The van der Waals surface area contributed by atoms with Gasteiger partial charge in [-0.25, -0.2) is 0 Å². The van der Waals surface area contributed by atoms with E-state index in [4.69, 9.17) is 27.9 Å². The molecule has 0 spiro atoms. The van der Waals surface area contributed by atoms with Gasteiger partial charge < -0.3 is 9.64 Å². The average molecular weight is 434 g/mol. The smallest absolute Gasteiger partial charge is 0.265 e. The first-order valence-corrected chi connectivity index (χ1v) is 8.05. The fraction of sp³-hybridized carbons (Fsp3) is 0.133. The van der Waals surface area contributed by atoms with Gasteiger partial charge in [-0.1, -0.05) is 23.2 Å². The molecule has 2 aromatic carbocycles. The van der Waals surface area contributed by atoms with Gasteiger partial charge in [0, 0.05) is 13.6 Å². The number of carbonyl (C=O) groups is 1. The second-order valence-electron chi connectivity index (χ2n) is 4.62. The van der Waals surface area contributed by atoms with E-state index in [1.165, 1.54) is 0 Å². The van der Waals surface area contributed by atoms with E-state index >= 15 is 0 Å². The summed E-state index contributed by atoms with van der Waals surface area (Å²) < 4.78 is 6.49. The fourth-order valence-corrected chi connectivity index (χ4v) is 3.03. The summed E-state index contributed by atoms with van der Waals surface area (Å²) in [6, 6.07) is 11.0. The summed E-state index contributed by atoms with van der Waals surface area (Å²) in [6.07, 6.45) is 0. The lowest BCUT2D eigenvalue weighted by molar-refractivity contribution is -0.121. The maximum absolute atomic E-state index is 12.2. The molecule has 2 aromatic rings. The number of benzene rings is 2. The topological polar surface area (TPSA) is 29.5 Å². The van der Waals surface area contributed by atoms with Crippen molar-refractivity contribution < 1.29 is 9.53 Å². The third-order valence-electron chi connectivity index (χ3n) is 3.20. The molecule has 6 heteroatoms. The molecule has 3 rings (SSSR count). The van der Waals surface area contributed by atoms with Crippen LogP contribution in [0.4, 0.5) is 5.69 Å². The van der Waals surface area contributed by atoms with Crippen molar-refractivity contribution in [3.05, 3.63) is 55.6 Å². The van der Waals surface area contributed by atoms with Gasteiger partial charge in [-0.2, -0.15) is 0 Å². The normalized spacial score (nSPS) is 13.9. The first-order valence-electron chi connectivity index (χ1n) is 6.21. The zero-order valence-electron chi connectivity index (χ0n) is 10.8. The van der Waals surface area contributed by atoms with Gasteiger partial charge in [-0.05, 0) is 64.6 Å². The highest BCUT2D eigenvalue weighted by molar-refractivity contribution is 14.1. The molecule has 3 nitrogen and oxygen atoms in total. The summed E-state index contributed by atoms with van der Waals surface area (Å²) in [7, 11) is 0. The molecule has 1 amide bonds. The van der Waals surface area contributed by atoms with Crippen molar-refractivity contribution in [2.45, 2.75) is 6.54 Å². The van der Waals surface area contributed by atoms with Gasteiger partial charge in [-0.15, -0.1) is 0 Å². The van der Waals surface area contributed by atoms with Crippen LogP contribution in [0.5, 0.6) is 5.75 Å². The van der Waals surface area contributed by atoms with Gasteiger partial charge in [0.05, 0.1) is 12.2 Å². The fourth-order valence-electron chi connectivity index (χ4n) is 2.18. The zero-order chi connectivity index (χ0) is 15.0.